The molecule has 1 aliphatic rings. The van der Waals surface area contributed by atoms with E-state index in [4.69, 9.17) is 0 Å². The zero-order valence-corrected chi connectivity index (χ0v) is 11.2. The lowest BCUT2D eigenvalue weighted by Gasteiger charge is -2.40. The highest BCUT2D eigenvalue weighted by molar-refractivity contribution is 4.83. The fraction of sp³-hybridized carbons (Fsp3) is 1.00. The van der Waals surface area contributed by atoms with Crippen molar-refractivity contribution in [2.45, 2.75) is 47.0 Å². The molecule has 90 valence electrons. The molecule has 0 bridgehead atoms. The first-order valence-electron chi connectivity index (χ1n) is 6.70. The van der Waals surface area contributed by atoms with Crippen molar-refractivity contribution in [3.8, 4) is 0 Å². The second-order valence-electron chi connectivity index (χ2n) is 6.04. The summed E-state index contributed by atoms with van der Waals surface area (Å²) >= 11 is 0. The van der Waals surface area contributed by atoms with E-state index in [2.05, 4.69) is 40.1 Å². The van der Waals surface area contributed by atoms with E-state index in [-0.39, 0.29) is 0 Å². The molecule has 1 fully saturated rings. The van der Waals surface area contributed by atoms with E-state index in [1.807, 2.05) is 0 Å². The van der Waals surface area contributed by atoms with Gasteiger partial charge in [0.15, 0.2) is 0 Å². The van der Waals surface area contributed by atoms with E-state index in [1.54, 1.807) is 0 Å². The fourth-order valence-corrected chi connectivity index (χ4v) is 3.24. The van der Waals surface area contributed by atoms with Crippen LogP contribution in [0.15, 0.2) is 0 Å². The lowest BCUT2D eigenvalue weighted by atomic mass is 9.67. The van der Waals surface area contributed by atoms with E-state index >= 15 is 0 Å². The average Bonchev–Trinajstić information content (AvgIpc) is 2.18. The van der Waals surface area contributed by atoms with Crippen LogP contribution in [0.4, 0.5) is 0 Å². The van der Waals surface area contributed by atoms with Gasteiger partial charge in [-0.2, -0.15) is 0 Å². The molecule has 1 saturated carbocycles. The second kappa shape index (κ2) is 5.89. The van der Waals surface area contributed by atoms with Gasteiger partial charge in [0, 0.05) is 0 Å². The number of nitrogens with one attached hydrogen (secondary N) is 1. The van der Waals surface area contributed by atoms with Crippen molar-refractivity contribution in [1.82, 2.24) is 5.32 Å². The lowest BCUT2D eigenvalue weighted by molar-refractivity contribution is 0.111. The van der Waals surface area contributed by atoms with E-state index in [1.165, 1.54) is 25.8 Å². The van der Waals surface area contributed by atoms with E-state index in [0.717, 1.165) is 29.6 Å². The van der Waals surface area contributed by atoms with Gasteiger partial charge >= 0.3 is 0 Å². The minimum atomic E-state index is 0.852. The zero-order valence-electron chi connectivity index (χ0n) is 11.2. The van der Waals surface area contributed by atoms with Gasteiger partial charge in [-0.1, -0.05) is 27.7 Å². The quantitative estimate of drug-likeness (QED) is 0.750. The Kier molecular flexibility index (Phi) is 5.11. The number of rotatable bonds is 4. The van der Waals surface area contributed by atoms with E-state index in [9.17, 15) is 0 Å². The van der Waals surface area contributed by atoms with Crippen LogP contribution >= 0.6 is 0 Å². The molecule has 1 N–H and O–H groups in total. The van der Waals surface area contributed by atoms with Gasteiger partial charge in [-0.15, -0.1) is 0 Å². The SMILES string of the molecule is CNCC1CCC(C(C)C)CC1C(C)C. The van der Waals surface area contributed by atoms with Crippen molar-refractivity contribution in [2.75, 3.05) is 13.6 Å². The molecular weight excluding hydrogens is 182 g/mol. The van der Waals surface area contributed by atoms with Crippen molar-refractivity contribution in [1.29, 1.82) is 0 Å². The molecule has 1 heteroatoms. The van der Waals surface area contributed by atoms with Crippen molar-refractivity contribution < 1.29 is 0 Å². The monoisotopic (exact) mass is 211 g/mol. The maximum Gasteiger partial charge on any atom is -0.00208 e. The molecule has 0 radical (unpaired) electrons. The Balaban J connectivity index is 2.56. The molecule has 0 aromatic carbocycles. The molecule has 15 heavy (non-hydrogen) atoms. The van der Waals surface area contributed by atoms with Crippen LogP contribution in [0, 0.1) is 29.6 Å². The maximum absolute atomic E-state index is 3.37. The fourth-order valence-electron chi connectivity index (χ4n) is 3.24. The summed E-state index contributed by atoms with van der Waals surface area (Å²) in [5.41, 5.74) is 0. The third-order valence-electron chi connectivity index (χ3n) is 4.35. The summed E-state index contributed by atoms with van der Waals surface area (Å²) in [6, 6.07) is 0. The van der Waals surface area contributed by atoms with Crippen molar-refractivity contribution >= 4 is 0 Å². The Hall–Kier alpha value is -0.0400. The van der Waals surface area contributed by atoms with Crippen molar-refractivity contribution in [2.24, 2.45) is 29.6 Å². The Labute approximate surface area is 96.0 Å². The third-order valence-corrected chi connectivity index (χ3v) is 4.35. The normalized spacial score (nSPS) is 32.6. The number of hydrogen-bond acceptors (Lipinski definition) is 1. The van der Waals surface area contributed by atoms with Gasteiger partial charge in [-0.3, -0.25) is 0 Å². The van der Waals surface area contributed by atoms with E-state index < -0.39 is 0 Å². The first-order valence-corrected chi connectivity index (χ1v) is 6.70. The van der Waals surface area contributed by atoms with Gasteiger partial charge in [-0.05, 0) is 62.4 Å². The maximum atomic E-state index is 3.37. The van der Waals surface area contributed by atoms with Gasteiger partial charge in [0.1, 0.15) is 0 Å². The van der Waals surface area contributed by atoms with Crippen LogP contribution in [0.25, 0.3) is 0 Å². The van der Waals surface area contributed by atoms with Crippen molar-refractivity contribution in [3.63, 3.8) is 0 Å². The summed E-state index contributed by atoms with van der Waals surface area (Å²) in [6.07, 6.45) is 4.35. The molecule has 1 rings (SSSR count). The molecule has 3 unspecified atom stereocenters. The Morgan fingerprint density at radius 2 is 1.73 bits per heavy atom. The molecule has 0 aromatic heterocycles. The summed E-state index contributed by atoms with van der Waals surface area (Å²) in [6.45, 7) is 10.8. The topological polar surface area (TPSA) is 12.0 Å². The van der Waals surface area contributed by atoms with Crippen LogP contribution in [0.5, 0.6) is 0 Å². The van der Waals surface area contributed by atoms with Crippen LogP contribution < -0.4 is 5.32 Å². The Bertz CT molecular complexity index is 174. The minimum absolute atomic E-state index is 0.852. The van der Waals surface area contributed by atoms with Gasteiger partial charge in [0.05, 0.1) is 0 Å². The molecular formula is C14H29N. The minimum Gasteiger partial charge on any atom is -0.319 e. The van der Waals surface area contributed by atoms with Crippen LogP contribution in [0.1, 0.15) is 47.0 Å². The summed E-state index contributed by atoms with van der Waals surface area (Å²) < 4.78 is 0. The van der Waals surface area contributed by atoms with Crippen LogP contribution in [0.2, 0.25) is 0 Å². The van der Waals surface area contributed by atoms with Gasteiger partial charge in [-0.25, -0.2) is 0 Å². The standard InChI is InChI=1S/C14H29N/c1-10(2)12-6-7-13(9-15-5)14(8-12)11(3)4/h10-15H,6-9H2,1-5H3. The largest absolute Gasteiger partial charge is 0.319 e. The third kappa shape index (κ3) is 3.48. The predicted octanol–water partition coefficient (Wildman–Crippen LogP) is 3.55. The number of hydrogen-bond donors (Lipinski definition) is 1. The van der Waals surface area contributed by atoms with Gasteiger partial charge in [0.25, 0.3) is 0 Å². The molecule has 0 heterocycles. The molecule has 0 spiro atoms. The lowest BCUT2D eigenvalue weighted by Crippen LogP contribution is -2.35. The molecule has 0 amide bonds. The smallest absolute Gasteiger partial charge is 0.00208 e. The zero-order chi connectivity index (χ0) is 11.4. The predicted molar refractivity (Wildman–Crippen MR) is 67.9 cm³/mol. The molecule has 3 atom stereocenters. The first kappa shape index (κ1) is 13.0. The Morgan fingerprint density at radius 1 is 1.07 bits per heavy atom. The van der Waals surface area contributed by atoms with Gasteiger partial charge < -0.3 is 5.32 Å². The molecule has 0 saturated heterocycles. The Morgan fingerprint density at radius 3 is 2.20 bits per heavy atom. The molecule has 0 aromatic rings. The molecule has 0 aliphatic heterocycles. The summed E-state index contributed by atoms with van der Waals surface area (Å²) in [4.78, 5) is 0. The molecule has 1 aliphatic carbocycles. The van der Waals surface area contributed by atoms with Crippen LogP contribution in [-0.2, 0) is 0 Å². The average molecular weight is 211 g/mol. The van der Waals surface area contributed by atoms with Crippen LogP contribution in [-0.4, -0.2) is 13.6 Å². The summed E-state index contributed by atoms with van der Waals surface area (Å²) in [5.74, 6) is 4.57. The second-order valence-corrected chi connectivity index (χ2v) is 6.04. The van der Waals surface area contributed by atoms with Gasteiger partial charge in [0.2, 0.25) is 0 Å². The highest BCUT2D eigenvalue weighted by atomic mass is 14.8. The van der Waals surface area contributed by atoms with Crippen molar-refractivity contribution in [3.05, 3.63) is 0 Å². The highest BCUT2D eigenvalue weighted by Gasteiger charge is 2.32. The summed E-state index contributed by atoms with van der Waals surface area (Å²) in [5, 5.41) is 3.37. The van der Waals surface area contributed by atoms with E-state index in [0.29, 0.717) is 0 Å². The van der Waals surface area contributed by atoms with Crippen LogP contribution in [0.3, 0.4) is 0 Å². The highest BCUT2D eigenvalue weighted by Crippen LogP contribution is 2.40. The molecule has 1 nitrogen and oxygen atoms in total. The first-order chi connectivity index (χ1) is 7.06. The summed E-state index contributed by atoms with van der Waals surface area (Å²) in [7, 11) is 2.09.